The average molecular weight is 389 g/mol. The van der Waals surface area contributed by atoms with E-state index in [0.29, 0.717) is 22.4 Å². The van der Waals surface area contributed by atoms with Gasteiger partial charge in [-0.2, -0.15) is 0 Å². The first-order valence-electron chi connectivity index (χ1n) is 8.85. The summed E-state index contributed by atoms with van der Waals surface area (Å²) in [5.41, 5.74) is 1.83. The lowest BCUT2D eigenvalue weighted by Crippen LogP contribution is -2.60. The molecule has 2 aromatic carbocycles. The summed E-state index contributed by atoms with van der Waals surface area (Å²) in [5.74, 6) is 0.120. The third-order valence-corrected chi connectivity index (χ3v) is 4.64. The van der Waals surface area contributed by atoms with Crippen LogP contribution in [0.4, 0.5) is 0 Å². The maximum absolute atomic E-state index is 11.9. The standard InChI is InChI=1S/C20H23NO7/c1-21-19(26)12-6-4-5-11(9-12)13-7-2-3-8-14(13)27-20-18(25)17(24)16(23)15(10-22)28-20/h2-9,15-18,20,22-25H,10H2,1H3,(H,21,26)/t15?,16-,17-,18?,20+/m0/s1. The lowest BCUT2D eigenvalue weighted by atomic mass is 9.99. The number of para-hydroxylation sites is 1. The number of benzene rings is 2. The number of nitrogens with one attached hydrogen (secondary N) is 1. The second-order valence-electron chi connectivity index (χ2n) is 6.47. The summed E-state index contributed by atoms with van der Waals surface area (Å²) in [6.07, 6.45) is -6.85. The summed E-state index contributed by atoms with van der Waals surface area (Å²) in [6.45, 7) is -0.541. The molecule has 0 bridgehead atoms. The van der Waals surface area contributed by atoms with Crippen molar-refractivity contribution in [2.24, 2.45) is 0 Å². The van der Waals surface area contributed by atoms with Crippen LogP contribution in [0, 0.1) is 0 Å². The van der Waals surface area contributed by atoms with Crippen LogP contribution in [0.2, 0.25) is 0 Å². The quantitative estimate of drug-likeness (QED) is 0.483. The number of carbonyl (C=O) groups is 1. The van der Waals surface area contributed by atoms with Gasteiger partial charge in [-0.25, -0.2) is 0 Å². The SMILES string of the molecule is CNC(=O)c1cccc(-c2ccccc2O[C@@H]2OC(CO)[C@H](O)[C@H](O)C2O)c1. The molecule has 0 aliphatic carbocycles. The zero-order valence-electron chi connectivity index (χ0n) is 15.2. The van der Waals surface area contributed by atoms with Crippen molar-refractivity contribution in [1.29, 1.82) is 0 Å². The Morgan fingerprint density at radius 2 is 1.82 bits per heavy atom. The van der Waals surface area contributed by atoms with Crippen molar-refractivity contribution in [3.63, 3.8) is 0 Å². The van der Waals surface area contributed by atoms with Crippen LogP contribution >= 0.6 is 0 Å². The monoisotopic (exact) mass is 389 g/mol. The number of hydrogen-bond acceptors (Lipinski definition) is 7. The van der Waals surface area contributed by atoms with Crippen molar-refractivity contribution in [1.82, 2.24) is 5.32 Å². The molecule has 3 rings (SSSR count). The fourth-order valence-corrected chi connectivity index (χ4v) is 3.07. The first kappa shape index (κ1) is 20.2. The summed E-state index contributed by atoms with van der Waals surface area (Å²) in [4.78, 5) is 11.9. The molecule has 8 heteroatoms. The van der Waals surface area contributed by atoms with Crippen LogP contribution in [-0.2, 0) is 4.74 Å². The Kier molecular flexibility index (Phi) is 6.28. The predicted octanol–water partition coefficient (Wildman–Crippen LogP) is -0.108. The van der Waals surface area contributed by atoms with E-state index < -0.39 is 37.3 Å². The molecule has 1 aliphatic rings. The van der Waals surface area contributed by atoms with Gasteiger partial charge in [-0.3, -0.25) is 4.79 Å². The highest BCUT2D eigenvalue weighted by molar-refractivity contribution is 5.95. The number of hydrogen-bond donors (Lipinski definition) is 5. The van der Waals surface area contributed by atoms with Crippen LogP contribution in [0.25, 0.3) is 11.1 Å². The van der Waals surface area contributed by atoms with Gasteiger partial charge in [0.2, 0.25) is 6.29 Å². The third-order valence-electron chi connectivity index (χ3n) is 4.64. The Morgan fingerprint density at radius 3 is 2.54 bits per heavy atom. The number of aliphatic hydroxyl groups is 4. The molecule has 0 spiro atoms. The number of carbonyl (C=O) groups excluding carboxylic acids is 1. The minimum Gasteiger partial charge on any atom is -0.461 e. The molecule has 0 saturated carbocycles. The third kappa shape index (κ3) is 4.01. The molecule has 8 nitrogen and oxygen atoms in total. The maximum Gasteiger partial charge on any atom is 0.251 e. The molecule has 2 aromatic rings. The van der Waals surface area contributed by atoms with Crippen LogP contribution < -0.4 is 10.1 Å². The molecule has 5 N–H and O–H groups in total. The van der Waals surface area contributed by atoms with E-state index >= 15 is 0 Å². The number of ether oxygens (including phenoxy) is 2. The summed E-state index contributed by atoms with van der Waals surface area (Å²) < 4.78 is 11.2. The van der Waals surface area contributed by atoms with Crippen molar-refractivity contribution < 1.29 is 34.7 Å². The molecule has 0 radical (unpaired) electrons. The summed E-state index contributed by atoms with van der Waals surface area (Å²) in [5, 5.41) is 41.9. The Bertz CT molecular complexity index is 826. The van der Waals surface area contributed by atoms with Crippen LogP contribution in [0.3, 0.4) is 0 Å². The smallest absolute Gasteiger partial charge is 0.251 e. The number of rotatable bonds is 5. The van der Waals surface area contributed by atoms with Gasteiger partial charge in [0.25, 0.3) is 5.91 Å². The molecule has 2 unspecified atom stereocenters. The molecule has 0 aromatic heterocycles. The fraction of sp³-hybridized carbons (Fsp3) is 0.350. The number of aliphatic hydroxyl groups excluding tert-OH is 4. The largest absolute Gasteiger partial charge is 0.461 e. The minimum absolute atomic E-state index is 0.228. The lowest BCUT2D eigenvalue weighted by molar-refractivity contribution is -0.277. The van der Waals surface area contributed by atoms with Gasteiger partial charge in [-0.1, -0.05) is 30.3 Å². The van der Waals surface area contributed by atoms with Gasteiger partial charge < -0.3 is 35.2 Å². The second-order valence-corrected chi connectivity index (χ2v) is 6.47. The molecule has 150 valence electrons. The van der Waals surface area contributed by atoms with Crippen molar-refractivity contribution in [3.8, 4) is 16.9 Å². The van der Waals surface area contributed by atoms with E-state index in [1.165, 1.54) is 0 Å². The normalized spacial score (nSPS) is 27.2. The molecule has 1 aliphatic heterocycles. The molecule has 1 saturated heterocycles. The van der Waals surface area contributed by atoms with Gasteiger partial charge in [-0.05, 0) is 23.8 Å². The van der Waals surface area contributed by atoms with Gasteiger partial charge in [0, 0.05) is 18.2 Å². The first-order valence-corrected chi connectivity index (χ1v) is 8.85. The molecule has 1 fully saturated rings. The predicted molar refractivity (Wildman–Crippen MR) is 99.7 cm³/mol. The molecule has 5 atom stereocenters. The van der Waals surface area contributed by atoms with E-state index in [-0.39, 0.29) is 5.91 Å². The summed E-state index contributed by atoms with van der Waals surface area (Å²) in [6, 6.07) is 13.9. The lowest BCUT2D eigenvalue weighted by Gasteiger charge is -2.39. The topological polar surface area (TPSA) is 128 Å². The van der Waals surface area contributed by atoms with E-state index in [1.54, 1.807) is 49.5 Å². The van der Waals surface area contributed by atoms with E-state index in [9.17, 15) is 25.2 Å². The molecule has 1 amide bonds. The van der Waals surface area contributed by atoms with Crippen LogP contribution in [0.1, 0.15) is 10.4 Å². The van der Waals surface area contributed by atoms with Gasteiger partial charge in [0.05, 0.1) is 6.61 Å². The van der Waals surface area contributed by atoms with E-state index in [0.717, 1.165) is 0 Å². The maximum atomic E-state index is 11.9. The van der Waals surface area contributed by atoms with E-state index in [2.05, 4.69) is 5.32 Å². The van der Waals surface area contributed by atoms with Gasteiger partial charge in [0.15, 0.2) is 0 Å². The highest BCUT2D eigenvalue weighted by Gasteiger charge is 2.44. The van der Waals surface area contributed by atoms with Crippen molar-refractivity contribution in [2.75, 3.05) is 13.7 Å². The van der Waals surface area contributed by atoms with E-state index in [1.807, 2.05) is 6.07 Å². The van der Waals surface area contributed by atoms with Crippen molar-refractivity contribution in [2.45, 2.75) is 30.7 Å². The Balaban J connectivity index is 1.90. The van der Waals surface area contributed by atoms with Crippen molar-refractivity contribution >= 4 is 5.91 Å². The van der Waals surface area contributed by atoms with Gasteiger partial charge in [-0.15, -0.1) is 0 Å². The Hall–Kier alpha value is -2.49. The minimum atomic E-state index is -1.53. The summed E-state index contributed by atoms with van der Waals surface area (Å²) in [7, 11) is 1.55. The molecular weight excluding hydrogens is 366 g/mol. The average Bonchev–Trinajstić information content (AvgIpc) is 2.74. The van der Waals surface area contributed by atoms with Crippen LogP contribution in [-0.4, -0.2) is 70.7 Å². The first-order chi connectivity index (χ1) is 13.5. The second kappa shape index (κ2) is 8.68. The van der Waals surface area contributed by atoms with E-state index in [4.69, 9.17) is 9.47 Å². The molecular formula is C20H23NO7. The van der Waals surface area contributed by atoms with Crippen molar-refractivity contribution in [3.05, 3.63) is 54.1 Å². The Morgan fingerprint density at radius 1 is 1.07 bits per heavy atom. The van der Waals surface area contributed by atoms with Crippen LogP contribution in [0.5, 0.6) is 5.75 Å². The summed E-state index contributed by atoms with van der Waals surface area (Å²) >= 11 is 0. The molecule has 1 heterocycles. The van der Waals surface area contributed by atoms with Gasteiger partial charge in [0.1, 0.15) is 30.2 Å². The zero-order chi connectivity index (χ0) is 20.3. The fourth-order valence-electron chi connectivity index (χ4n) is 3.07. The highest BCUT2D eigenvalue weighted by atomic mass is 16.7. The number of amides is 1. The van der Waals surface area contributed by atoms with Gasteiger partial charge >= 0.3 is 0 Å². The molecule has 28 heavy (non-hydrogen) atoms. The Labute approximate surface area is 162 Å². The zero-order valence-corrected chi connectivity index (χ0v) is 15.2. The highest BCUT2D eigenvalue weighted by Crippen LogP contribution is 2.33. The van der Waals surface area contributed by atoms with Crippen LogP contribution in [0.15, 0.2) is 48.5 Å².